The fraction of sp³-hybridized carbons (Fsp3) is 0.0667. The van der Waals surface area contributed by atoms with E-state index in [1.54, 1.807) is 6.26 Å². The molecule has 3 aromatic rings. The molecule has 0 N–H and O–H groups in total. The van der Waals surface area contributed by atoms with E-state index in [1.165, 1.54) is 0 Å². The molecule has 2 aromatic carbocycles. The van der Waals surface area contributed by atoms with Crippen LogP contribution in [0.4, 0.5) is 11.6 Å². The molecule has 90 valence electrons. The van der Waals surface area contributed by atoms with E-state index in [-0.39, 0.29) is 0 Å². The molecule has 2 nitrogen and oxygen atoms in total. The minimum atomic E-state index is 0.718. The van der Waals surface area contributed by atoms with Gasteiger partial charge in [0.2, 0.25) is 5.88 Å². The van der Waals surface area contributed by atoms with Crippen LogP contribution in [0.2, 0.25) is 5.02 Å². The average molecular weight is 258 g/mol. The number of fused-ring (bicyclic) bond motifs is 1. The lowest BCUT2D eigenvalue weighted by Gasteiger charge is -2.16. The Morgan fingerprint density at radius 2 is 1.89 bits per heavy atom. The molecule has 0 saturated heterocycles. The third kappa shape index (κ3) is 1.85. The van der Waals surface area contributed by atoms with Crippen LogP contribution in [0.15, 0.2) is 59.2 Å². The quantitative estimate of drug-likeness (QED) is 0.652. The standard InChI is InChI=1S/C15H12ClNO/c1-17(13-7-4-6-12(16)9-13)15-14-8-3-2-5-11(14)10-18-15/h2-10H,1H3. The highest BCUT2D eigenvalue weighted by molar-refractivity contribution is 6.30. The summed E-state index contributed by atoms with van der Waals surface area (Å²) in [6.07, 6.45) is 1.77. The summed E-state index contributed by atoms with van der Waals surface area (Å²) in [7, 11) is 1.97. The van der Waals surface area contributed by atoms with Gasteiger partial charge in [0.15, 0.2) is 0 Å². The van der Waals surface area contributed by atoms with E-state index >= 15 is 0 Å². The Kier molecular flexibility index (Phi) is 2.73. The molecule has 0 radical (unpaired) electrons. The molecule has 0 atom stereocenters. The van der Waals surface area contributed by atoms with Crippen molar-refractivity contribution in [1.82, 2.24) is 0 Å². The molecular formula is C15H12ClNO. The summed E-state index contributed by atoms with van der Waals surface area (Å²) in [5, 5.41) is 2.91. The predicted octanol–water partition coefficient (Wildman–Crippen LogP) is 4.85. The van der Waals surface area contributed by atoms with Crippen LogP contribution in [0.1, 0.15) is 0 Å². The topological polar surface area (TPSA) is 16.4 Å². The maximum Gasteiger partial charge on any atom is 0.207 e. The van der Waals surface area contributed by atoms with Gasteiger partial charge in [-0.25, -0.2) is 0 Å². The summed E-state index contributed by atoms with van der Waals surface area (Å²) < 4.78 is 5.65. The molecule has 18 heavy (non-hydrogen) atoms. The normalized spacial score (nSPS) is 10.8. The predicted molar refractivity (Wildman–Crippen MR) is 75.7 cm³/mol. The summed E-state index contributed by atoms with van der Waals surface area (Å²) in [5.74, 6) is 0.827. The lowest BCUT2D eigenvalue weighted by atomic mass is 10.2. The van der Waals surface area contributed by atoms with E-state index < -0.39 is 0 Å². The first-order valence-corrected chi connectivity index (χ1v) is 6.09. The van der Waals surface area contributed by atoms with Gasteiger partial charge in [-0.3, -0.25) is 0 Å². The zero-order valence-electron chi connectivity index (χ0n) is 9.93. The van der Waals surface area contributed by atoms with Crippen molar-refractivity contribution < 1.29 is 4.42 Å². The smallest absolute Gasteiger partial charge is 0.207 e. The third-order valence-corrected chi connectivity index (χ3v) is 3.22. The summed E-state index contributed by atoms with van der Waals surface area (Å²) in [5.41, 5.74) is 1.00. The molecule has 0 amide bonds. The molecule has 0 aliphatic heterocycles. The minimum Gasteiger partial charge on any atom is -0.447 e. The number of furan rings is 1. The minimum absolute atomic E-state index is 0.718. The first-order valence-electron chi connectivity index (χ1n) is 5.71. The number of rotatable bonds is 2. The first kappa shape index (κ1) is 11.2. The van der Waals surface area contributed by atoms with E-state index in [2.05, 4.69) is 6.07 Å². The SMILES string of the molecule is CN(c1cccc(Cl)c1)c1occ2ccccc12. The van der Waals surface area contributed by atoms with Gasteiger partial charge >= 0.3 is 0 Å². The van der Waals surface area contributed by atoms with Crippen molar-refractivity contribution in [3.8, 4) is 0 Å². The van der Waals surface area contributed by atoms with Gasteiger partial charge in [0.05, 0.1) is 0 Å². The summed E-state index contributed by atoms with van der Waals surface area (Å²) in [4.78, 5) is 1.99. The molecule has 1 heterocycles. The Morgan fingerprint density at radius 1 is 1.06 bits per heavy atom. The van der Waals surface area contributed by atoms with Gasteiger partial charge in [0.25, 0.3) is 0 Å². The Bertz CT molecular complexity index is 690. The molecule has 0 aliphatic carbocycles. The fourth-order valence-corrected chi connectivity index (χ4v) is 2.22. The number of anilines is 2. The molecule has 3 rings (SSSR count). The Hall–Kier alpha value is -1.93. The highest BCUT2D eigenvalue weighted by atomic mass is 35.5. The van der Waals surface area contributed by atoms with Gasteiger partial charge in [-0.05, 0) is 24.3 Å². The van der Waals surface area contributed by atoms with Crippen LogP contribution in [0, 0.1) is 0 Å². The maximum absolute atomic E-state index is 6.01. The molecule has 0 fully saturated rings. The number of hydrogen-bond donors (Lipinski definition) is 0. The summed E-state index contributed by atoms with van der Waals surface area (Å²) >= 11 is 6.01. The van der Waals surface area contributed by atoms with E-state index in [1.807, 2.05) is 54.4 Å². The Labute approximate surface area is 110 Å². The summed E-state index contributed by atoms with van der Waals surface area (Å²) in [6.45, 7) is 0. The lowest BCUT2D eigenvalue weighted by molar-refractivity contribution is 0.574. The number of benzene rings is 2. The number of nitrogens with zero attached hydrogens (tertiary/aromatic N) is 1. The Balaban J connectivity index is 2.09. The van der Waals surface area contributed by atoms with Gasteiger partial charge in [0, 0.05) is 28.5 Å². The second-order valence-electron chi connectivity index (χ2n) is 4.17. The van der Waals surface area contributed by atoms with Crippen molar-refractivity contribution in [2.75, 3.05) is 11.9 Å². The van der Waals surface area contributed by atoms with E-state index in [0.717, 1.165) is 27.4 Å². The Morgan fingerprint density at radius 3 is 2.72 bits per heavy atom. The van der Waals surface area contributed by atoms with Crippen LogP contribution in [0.5, 0.6) is 0 Å². The largest absolute Gasteiger partial charge is 0.447 e. The zero-order chi connectivity index (χ0) is 12.5. The van der Waals surface area contributed by atoms with Crippen LogP contribution in [0.3, 0.4) is 0 Å². The van der Waals surface area contributed by atoms with Gasteiger partial charge in [0.1, 0.15) is 6.26 Å². The zero-order valence-corrected chi connectivity index (χ0v) is 10.7. The monoisotopic (exact) mass is 257 g/mol. The fourth-order valence-electron chi connectivity index (χ4n) is 2.04. The molecule has 1 aromatic heterocycles. The molecule has 0 bridgehead atoms. The second kappa shape index (κ2) is 4.39. The van der Waals surface area contributed by atoms with Gasteiger partial charge in [-0.1, -0.05) is 35.9 Å². The average Bonchev–Trinajstić information content (AvgIpc) is 2.82. The van der Waals surface area contributed by atoms with Gasteiger partial charge in [-0.15, -0.1) is 0 Å². The second-order valence-corrected chi connectivity index (χ2v) is 4.60. The molecule has 0 unspecified atom stereocenters. The lowest BCUT2D eigenvalue weighted by Crippen LogP contribution is -2.08. The number of hydrogen-bond acceptors (Lipinski definition) is 2. The molecule has 0 saturated carbocycles. The molecular weight excluding hydrogens is 246 g/mol. The van der Waals surface area contributed by atoms with Crippen molar-refractivity contribution in [1.29, 1.82) is 0 Å². The maximum atomic E-state index is 6.01. The van der Waals surface area contributed by atoms with Crippen molar-refractivity contribution in [2.45, 2.75) is 0 Å². The van der Waals surface area contributed by atoms with E-state index in [9.17, 15) is 0 Å². The van der Waals surface area contributed by atoms with Crippen LogP contribution in [-0.4, -0.2) is 7.05 Å². The summed E-state index contributed by atoms with van der Waals surface area (Å²) in [6, 6.07) is 15.8. The van der Waals surface area contributed by atoms with E-state index in [4.69, 9.17) is 16.0 Å². The van der Waals surface area contributed by atoms with Crippen LogP contribution < -0.4 is 4.90 Å². The highest BCUT2D eigenvalue weighted by Crippen LogP contribution is 2.33. The van der Waals surface area contributed by atoms with Crippen LogP contribution in [0.25, 0.3) is 10.8 Å². The van der Waals surface area contributed by atoms with Gasteiger partial charge < -0.3 is 9.32 Å². The van der Waals surface area contributed by atoms with Gasteiger partial charge in [-0.2, -0.15) is 0 Å². The van der Waals surface area contributed by atoms with Crippen LogP contribution >= 0.6 is 11.6 Å². The molecule has 0 spiro atoms. The van der Waals surface area contributed by atoms with Crippen molar-refractivity contribution in [3.05, 3.63) is 59.8 Å². The number of halogens is 1. The molecule has 3 heteroatoms. The van der Waals surface area contributed by atoms with Crippen molar-refractivity contribution in [3.63, 3.8) is 0 Å². The van der Waals surface area contributed by atoms with Crippen LogP contribution in [-0.2, 0) is 0 Å². The van der Waals surface area contributed by atoms with E-state index in [0.29, 0.717) is 0 Å². The highest BCUT2D eigenvalue weighted by Gasteiger charge is 2.12. The molecule has 0 aliphatic rings. The van der Waals surface area contributed by atoms with Crippen molar-refractivity contribution in [2.24, 2.45) is 0 Å². The van der Waals surface area contributed by atoms with Crippen molar-refractivity contribution >= 4 is 33.9 Å². The third-order valence-electron chi connectivity index (χ3n) is 2.99. The first-order chi connectivity index (χ1) is 8.75.